The smallest absolute Gasteiger partial charge is 0.310 e. The van der Waals surface area contributed by atoms with E-state index in [1.165, 1.54) is 7.11 Å². The number of hydrogen-bond acceptors (Lipinski definition) is 5. The maximum absolute atomic E-state index is 12.5. The van der Waals surface area contributed by atoms with Crippen molar-refractivity contribution in [3.63, 3.8) is 0 Å². The van der Waals surface area contributed by atoms with Crippen molar-refractivity contribution in [2.75, 3.05) is 13.7 Å². The summed E-state index contributed by atoms with van der Waals surface area (Å²) in [5, 5.41) is 0. The molecule has 2 bridgehead atoms. The first-order chi connectivity index (χ1) is 11.5. The number of ether oxygens (including phenoxy) is 2. The van der Waals surface area contributed by atoms with Crippen LogP contribution in [0, 0.1) is 23.7 Å². The van der Waals surface area contributed by atoms with E-state index in [-0.39, 0.29) is 30.2 Å². The van der Waals surface area contributed by atoms with E-state index in [1.54, 1.807) is 24.3 Å². The molecule has 0 N–H and O–H groups in total. The lowest BCUT2D eigenvalue weighted by molar-refractivity contribution is -0.161. The molecule has 1 aromatic rings. The lowest BCUT2D eigenvalue weighted by atomic mass is 9.79. The van der Waals surface area contributed by atoms with E-state index >= 15 is 0 Å². The van der Waals surface area contributed by atoms with Gasteiger partial charge < -0.3 is 9.47 Å². The second-order valence-corrected chi connectivity index (χ2v) is 7.36. The van der Waals surface area contributed by atoms with Gasteiger partial charge in [-0.05, 0) is 43.2 Å². The van der Waals surface area contributed by atoms with E-state index < -0.39 is 17.8 Å². The van der Waals surface area contributed by atoms with Crippen molar-refractivity contribution in [3.8, 4) is 0 Å². The lowest BCUT2D eigenvalue weighted by Crippen LogP contribution is -2.37. The zero-order chi connectivity index (χ0) is 17.3. The monoisotopic (exact) mass is 394 g/mol. The standard InChI is InChI=1S/C18H19BrO5/c1-23-17(21)15-11-2-3-12(8-11)16(15)18(22)24-9-14(20)10-4-6-13(19)7-5-10/h4-7,11-12,15-16H,2-3,8-9H2,1H3/t11-,12+,15-,16+/m1/s1. The van der Waals surface area contributed by atoms with Gasteiger partial charge in [0.05, 0.1) is 18.9 Å². The molecule has 2 saturated carbocycles. The highest BCUT2D eigenvalue weighted by Gasteiger charge is 2.55. The minimum atomic E-state index is -0.478. The summed E-state index contributed by atoms with van der Waals surface area (Å²) in [6.45, 7) is -0.303. The Hall–Kier alpha value is -1.69. The molecule has 0 heterocycles. The first kappa shape index (κ1) is 17.1. The SMILES string of the molecule is COC(=O)[C@@H]1[C@@H]2CC[C@@H](C2)[C@@H]1C(=O)OCC(=O)c1ccc(Br)cc1. The largest absolute Gasteiger partial charge is 0.469 e. The summed E-state index contributed by atoms with van der Waals surface area (Å²) in [6, 6.07) is 6.88. The predicted molar refractivity (Wildman–Crippen MR) is 89.3 cm³/mol. The van der Waals surface area contributed by atoms with Crippen molar-refractivity contribution in [1.29, 1.82) is 0 Å². The Morgan fingerprint density at radius 2 is 1.62 bits per heavy atom. The van der Waals surface area contributed by atoms with Crippen LogP contribution in [0.25, 0.3) is 0 Å². The first-order valence-corrected chi connectivity index (χ1v) is 8.83. The number of methoxy groups -OCH3 is 1. The minimum Gasteiger partial charge on any atom is -0.469 e. The van der Waals surface area contributed by atoms with Crippen LogP contribution in [0.2, 0.25) is 0 Å². The molecule has 6 heteroatoms. The average molecular weight is 395 g/mol. The molecule has 0 aliphatic heterocycles. The summed E-state index contributed by atoms with van der Waals surface area (Å²) < 4.78 is 11.0. The van der Waals surface area contributed by atoms with Gasteiger partial charge in [-0.15, -0.1) is 0 Å². The van der Waals surface area contributed by atoms with Crippen LogP contribution in [0.5, 0.6) is 0 Å². The fourth-order valence-corrected chi connectivity index (χ4v) is 4.32. The molecule has 128 valence electrons. The number of hydrogen-bond donors (Lipinski definition) is 0. The van der Waals surface area contributed by atoms with E-state index in [4.69, 9.17) is 9.47 Å². The van der Waals surface area contributed by atoms with Crippen LogP contribution in [0.3, 0.4) is 0 Å². The Kier molecular flexibility index (Phi) is 5.04. The fraction of sp³-hybridized carbons (Fsp3) is 0.500. The average Bonchev–Trinajstić information content (AvgIpc) is 3.20. The highest BCUT2D eigenvalue weighted by Crippen LogP contribution is 2.53. The van der Waals surface area contributed by atoms with Gasteiger partial charge >= 0.3 is 11.9 Å². The molecule has 0 spiro atoms. The van der Waals surface area contributed by atoms with Crippen molar-refractivity contribution < 1.29 is 23.9 Å². The molecule has 0 unspecified atom stereocenters. The highest BCUT2D eigenvalue weighted by molar-refractivity contribution is 9.10. The van der Waals surface area contributed by atoms with E-state index in [1.807, 2.05) is 0 Å². The molecule has 5 nitrogen and oxygen atoms in total. The third-order valence-electron chi connectivity index (χ3n) is 5.17. The van der Waals surface area contributed by atoms with Crippen molar-refractivity contribution >= 4 is 33.7 Å². The Morgan fingerprint density at radius 1 is 1.04 bits per heavy atom. The quantitative estimate of drug-likeness (QED) is 0.566. The molecule has 3 rings (SSSR count). The van der Waals surface area contributed by atoms with Crippen molar-refractivity contribution in [2.45, 2.75) is 19.3 Å². The van der Waals surface area contributed by atoms with Gasteiger partial charge in [0.1, 0.15) is 0 Å². The van der Waals surface area contributed by atoms with E-state index in [9.17, 15) is 14.4 Å². The Morgan fingerprint density at radius 3 is 2.21 bits per heavy atom. The van der Waals surface area contributed by atoms with Gasteiger partial charge in [-0.2, -0.15) is 0 Å². The summed E-state index contributed by atoms with van der Waals surface area (Å²) in [5.41, 5.74) is 0.489. The summed E-state index contributed by atoms with van der Waals surface area (Å²) >= 11 is 3.31. The molecule has 0 radical (unpaired) electrons. The van der Waals surface area contributed by atoms with Crippen LogP contribution in [0.4, 0.5) is 0 Å². The number of Topliss-reactive ketones (excluding diaryl/α,β-unsaturated/α-hetero) is 1. The Balaban J connectivity index is 1.63. The number of halogens is 1. The molecule has 24 heavy (non-hydrogen) atoms. The second kappa shape index (κ2) is 7.05. The fourth-order valence-electron chi connectivity index (χ4n) is 4.06. The summed E-state index contributed by atoms with van der Waals surface area (Å²) in [7, 11) is 1.34. The van der Waals surface area contributed by atoms with Crippen LogP contribution in [-0.2, 0) is 19.1 Å². The number of esters is 2. The minimum absolute atomic E-state index is 0.161. The van der Waals surface area contributed by atoms with Crippen LogP contribution in [0.1, 0.15) is 29.6 Å². The number of benzene rings is 1. The van der Waals surface area contributed by atoms with Gasteiger partial charge in [0.15, 0.2) is 12.4 Å². The third kappa shape index (κ3) is 3.24. The second-order valence-electron chi connectivity index (χ2n) is 6.45. The van der Waals surface area contributed by atoms with Crippen molar-refractivity contribution in [3.05, 3.63) is 34.3 Å². The van der Waals surface area contributed by atoms with Gasteiger partial charge in [-0.1, -0.05) is 28.1 Å². The molecule has 0 saturated heterocycles. The van der Waals surface area contributed by atoms with Gasteiger partial charge in [-0.3, -0.25) is 14.4 Å². The Bertz CT molecular complexity index is 654. The number of carbonyl (C=O) groups excluding carboxylic acids is 3. The van der Waals surface area contributed by atoms with Gasteiger partial charge in [0, 0.05) is 10.0 Å². The highest BCUT2D eigenvalue weighted by atomic mass is 79.9. The van der Waals surface area contributed by atoms with Crippen LogP contribution in [0.15, 0.2) is 28.7 Å². The Labute approximate surface area is 148 Å². The normalized spacial score (nSPS) is 27.8. The molecule has 1 aromatic carbocycles. The first-order valence-electron chi connectivity index (χ1n) is 8.04. The van der Waals surface area contributed by atoms with Gasteiger partial charge in [0.2, 0.25) is 0 Å². The van der Waals surface area contributed by atoms with Crippen molar-refractivity contribution in [2.24, 2.45) is 23.7 Å². The molecular weight excluding hydrogens is 376 g/mol. The topological polar surface area (TPSA) is 69.7 Å². The van der Waals surface area contributed by atoms with Gasteiger partial charge in [-0.25, -0.2) is 0 Å². The summed E-state index contributed by atoms with van der Waals surface area (Å²) in [5.74, 6) is -1.60. The van der Waals surface area contributed by atoms with E-state index in [0.29, 0.717) is 5.56 Å². The molecule has 2 aliphatic rings. The zero-order valence-corrected chi connectivity index (χ0v) is 15.0. The number of fused-ring (bicyclic) bond motifs is 2. The molecule has 4 atom stereocenters. The predicted octanol–water partition coefficient (Wildman–Crippen LogP) is 3.01. The lowest BCUT2D eigenvalue weighted by Gasteiger charge is -2.27. The van der Waals surface area contributed by atoms with E-state index in [0.717, 1.165) is 23.7 Å². The molecule has 2 fully saturated rings. The van der Waals surface area contributed by atoms with Crippen LogP contribution >= 0.6 is 15.9 Å². The van der Waals surface area contributed by atoms with Crippen molar-refractivity contribution in [1.82, 2.24) is 0 Å². The molecule has 0 aromatic heterocycles. The van der Waals surface area contributed by atoms with Crippen LogP contribution < -0.4 is 0 Å². The molecule has 2 aliphatic carbocycles. The molecule has 0 amide bonds. The molecular formula is C18H19BrO5. The van der Waals surface area contributed by atoms with Gasteiger partial charge in [0.25, 0.3) is 0 Å². The summed E-state index contributed by atoms with van der Waals surface area (Å²) in [4.78, 5) is 36.6. The van der Waals surface area contributed by atoms with Crippen LogP contribution in [-0.4, -0.2) is 31.4 Å². The summed E-state index contributed by atoms with van der Waals surface area (Å²) in [6.07, 6.45) is 2.74. The van der Waals surface area contributed by atoms with E-state index in [2.05, 4.69) is 15.9 Å². The number of ketones is 1. The number of carbonyl (C=O) groups is 3. The maximum atomic E-state index is 12.5. The zero-order valence-electron chi connectivity index (χ0n) is 13.4. The number of rotatable bonds is 5. The third-order valence-corrected chi connectivity index (χ3v) is 5.70. The maximum Gasteiger partial charge on any atom is 0.310 e.